The van der Waals surface area contributed by atoms with Crippen molar-refractivity contribution in [1.82, 2.24) is 10.3 Å². The molecule has 1 atom stereocenters. The molecule has 20 heavy (non-hydrogen) atoms. The largest absolute Gasteiger partial charge is 0.398 e. The van der Waals surface area contributed by atoms with E-state index in [9.17, 15) is 0 Å². The molecular formula is C17H21N3. The van der Waals surface area contributed by atoms with Crippen LogP contribution in [0.3, 0.4) is 0 Å². The minimum Gasteiger partial charge on any atom is -0.398 e. The summed E-state index contributed by atoms with van der Waals surface area (Å²) in [5.41, 5.74) is 9.64. The van der Waals surface area contributed by atoms with Crippen molar-refractivity contribution in [1.29, 1.82) is 0 Å². The minimum absolute atomic E-state index is 0.146. The van der Waals surface area contributed by atoms with Gasteiger partial charge in [-0.15, -0.1) is 0 Å². The molecule has 2 aromatic rings. The van der Waals surface area contributed by atoms with Gasteiger partial charge in [0.05, 0.1) is 0 Å². The van der Waals surface area contributed by atoms with Crippen LogP contribution in [0.4, 0.5) is 5.69 Å². The highest BCUT2D eigenvalue weighted by Crippen LogP contribution is 2.52. The Morgan fingerprint density at radius 2 is 1.95 bits per heavy atom. The van der Waals surface area contributed by atoms with E-state index in [4.69, 9.17) is 5.73 Å². The Morgan fingerprint density at radius 3 is 2.50 bits per heavy atom. The fourth-order valence-electron chi connectivity index (χ4n) is 3.46. The molecule has 104 valence electrons. The molecule has 1 saturated carbocycles. The van der Waals surface area contributed by atoms with Crippen molar-refractivity contribution in [3.8, 4) is 0 Å². The monoisotopic (exact) mass is 267 g/mol. The lowest BCUT2D eigenvalue weighted by Gasteiger charge is -2.48. The summed E-state index contributed by atoms with van der Waals surface area (Å²) in [5, 5.41) is 3.48. The maximum absolute atomic E-state index is 6.17. The number of nitrogen functional groups attached to an aromatic ring is 1. The first-order valence-corrected chi connectivity index (χ1v) is 7.20. The van der Waals surface area contributed by atoms with Crippen LogP contribution >= 0.6 is 0 Å². The molecule has 0 radical (unpaired) electrons. The summed E-state index contributed by atoms with van der Waals surface area (Å²) >= 11 is 0. The third-order valence-corrected chi connectivity index (χ3v) is 4.63. The van der Waals surface area contributed by atoms with Crippen molar-refractivity contribution in [2.24, 2.45) is 0 Å². The first kappa shape index (κ1) is 13.1. The van der Waals surface area contributed by atoms with Gasteiger partial charge in [0, 0.05) is 35.1 Å². The lowest BCUT2D eigenvalue weighted by molar-refractivity contribution is 0.176. The Balaban J connectivity index is 2.05. The SMILES string of the molecule is CNC(c1cnccc1N)C1(c2ccccc2)CCC1. The quantitative estimate of drug-likeness (QED) is 0.895. The van der Waals surface area contributed by atoms with Gasteiger partial charge in [-0.25, -0.2) is 0 Å². The van der Waals surface area contributed by atoms with Crippen molar-refractivity contribution in [2.75, 3.05) is 12.8 Å². The maximum Gasteiger partial charge on any atom is 0.0451 e. The van der Waals surface area contributed by atoms with E-state index < -0.39 is 0 Å². The molecule has 0 bridgehead atoms. The summed E-state index contributed by atoms with van der Waals surface area (Å²) in [6, 6.07) is 12.9. The number of nitrogens with two attached hydrogens (primary N) is 1. The van der Waals surface area contributed by atoms with Crippen molar-refractivity contribution in [3.63, 3.8) is 0 Å². The highest BCUT2D eigenvalue weighted by Gasteiger charge is 2.46. The summed E-state index contributed by atoms with van der Waals surface area (Å²) in [6.45, 7) is 0. The topological polar surface area (TPSA) is 50.9 Å². The number of nitrogens with one attached hydrogen (secondary N) is 1. The van der Waals surface area contributed by atoms with E-state index in [1.807, 2.05) is 19.3 Å². The van der Waals surface area contributed by atoms with Gasteiger partial charge in [0.2, 0.25) is 0 Å². The average molecular weight is 267 g/mol. The van der Waals surface area contributed by atoms with Gasteiger partial charge in [-0.1, -0.05) is 36.8 Å². The molecule has 0 spiro atoms. The molecule has 3 N–H and O–H groups in total. The van der Waals surface area contributed by atoms with Crippen molar-refractivity contribution in [3.05, 3.63) is 59.9 Å². The third-order valence-electron chi connectivity index (χ3n) is 4.63. The van der Waals surface area contributed by atoms with Crippen molar-refractivity contribution in [2.45, 2.75) is 30.7 Å². The van der Waals surface area contributed by atoms with Gasteiger partial charge in [0.1, 0.15) is 0 Å². The zero-order valence-electron chi connectivity index (χ0n) is 11.8. The van der Waals surface area contributed by atoms with Gasteiger partial charge < -0.3 is 11.1 Å². The molecule has 3 rings (SSSR count). The number of nitrogens with zero attached hydrogens (tertiary/aromatic N) is 1. The molecule has 0 saturated heterocycles. The van der Waals surface area contributed by atoms with Crippen LogP contribution in [0.5, 0.6) is 0 Å². The second-order valence-electron chi connectivity index (χ2n) is 5.60. The first-order chi connectivity index (χ1) is 9.78. The van der Waals surface area contributed by atoms with Gasteiger partial charge in [-0.2, -0.15) is 0 Å². The number of benzene rings is 1. The fraction of sp³-hybridized carbons (Fsp3) is 0.353. The molecular weight excluding hydrogens is 246 g/mol. The number of anilines is 1. The molecule has 3 heteroatoms. The zero-order chi connectivity index (χ0) is 14.0. The Labute approximate surface area is 120 Å². The minimum atomic E-state index is 0.146. The molecule has 1 aromatic carbocycles. The molecule has 3 nitrogen and oxygen atoms in total. The van der Waals surface area contributed by atoms with Gasteiger partial charge in [0.15, 0.2) is 0 Å². The number of hydrogen-bond donors (Lipinski definition) is 2. The predicted octanol–water partition coefficient (Wildman–Crippen LogP) is 3.05. The predicted molar refractivity (Wildman–Crippen MR) is 82.4 cm³/mol. The molecule has 1 heterocycles. The Kier molecular flexibility index (Phi) is 3.45. The Bertz CT molecular complexity index is 576. The van der Waals surface area contributed by atoms with Gasteiger partial charge in [-0.05, 0) is 31.5 Å². The summed E-state index contributed by atoms with van der Waals surface area (Å²) in [7, 11) is 2.01. The van der Waals surface area contributed by atoms with Crippen LogP contribution in [-0.2, 0) is 5.41 Å². The summed E-state index contributed by atoms with van der Waals surface area (Å²) in [6.07, 6.45) is 7.31. The van der Waals surface area contributed by atoms with Crippen LogP contribution in [-0.4, -0.2) is 12.0 Å². The van der Waals surface area contributed by atoms with E-state index in [1.165, 1.54) is 24.8 Å². The van der Waals surface area contributed by atoms with Crippen molar-refractivity contribution >= 4 is 5.69 Å². The van der Waals surface area contributed by atoms with Crippen LogP contribution in [0.15, 0.2) is 48.8 Å². The molecule has 1 fully saturated rings. The van der Waals surface area contributed by atoms with Crippen LogP contribution in [0, 0.1) is 0 Å². The molecule has 0 amide bonds. The summed E-state index contributed by atoms with van der Waals surface area (Å²) in [4.78, 5) is 4.26. The van der Waals surface area contributed by atoms with E-state index in [1.54, 1.807) is 6.20 Å². The van der Waals surface area contributed by atoms with Crippen LogP contribution in [0.25, 0.3) is 0 Å². The third kappa shape index (κ3) is 1.98. The number of aromatic nitrogens is 1. The van der Waals surface area contributed by atoms with E-state index in [2.05, 4.69) is 40.6 Å². The molecule has 1 aromatic heterocycles. The van der Waals surface area contributed by atoms with Crippen LogP contribution < -0.4 is 11.1 Å². The van der Waals surface area contributed by atoms with E-state index >= 15 is 0 Å². The second-order valence-corrected chi connectivity index (χ2v) is 5.60. The van der Waals surface area contributed by atoms with Crippen LogP contribution in [0.1, 0.15) is 36.4 Å². The summed E-state index contributed by atoms with van der Waals surface area (Å²) < 4.78 is 0. The van der Waals surface area contributed by atoms with E-state index in [0.717, 1.165) is 11.3 Å². The van der Waals surface area contributed by atoms with E-state index in [-0.39, 0.29) is 11.5 Å². The van der Waals surface area contributed by atoms with Crippen LogP contribution in [0.2, 0.25) is 0 Å². The smallest absolute Gasteiger partial charge is 0.0451 e. The maximum atomic E-state index is 6.17. The fourth-order valence-corrected chi connectivity index (χ4v) is 3.46. The van der Waals surface area contributed by atoms with Gasteiger partial charge in [-0.3, -0.25) is 4.98 Å². The Morgan fingerprint density at radius 1 is 1.20 bits per heavy atom. The number of pyridine rings is 1. The molecule has 1 unspecified atom stereocenters. The van der Waals surface area contributed by atoms with Gasteiger partial charge >= 0.3 is 0 Å². The normalized spacial score (nSPS) is 18.2. The first-order valence-electron chi connectivity index (χ1n) is 7.20. The average Bonchev–Trinajstić information content (AvgIpc) is 2.45. The standard InChI is InChI=1S/C17H21N3/c1-19-16(14-12-20-11-8-15(14)18)17(9-5-10-17)13-6-3-2-4-7-13/h2-4,6-8,11-12,16,19H,5,9-10H2,1H3,(H2,18,20). The molecule has 0 aliphatic heterocycles. The number of hydrogen-bond acceptors (Lipinski definition) is 3. The molecule has 1 aliphatic carbocycles. The van der Waals surface area contributed by atoms with Crippen molar-refractivity contribution < 1.29 is 0 Å². The Hall–Kier alpha value is -1.87. The zero-order valence-corrected chi connectivity index (χ0v) is 11.8. The second kappa shape index (κ2) is 5.25. The summed E-state index contributed by atoms with van der Waals surface area (Å²) in [5.74, 6) is 0. The highest BCUT2D eigenvalue weighted by atomic mass is 14.9. The van der Waals surface area contributed by atoms with Gasteiger partial charge in [0.25, 0.3) is 0 Å². The number of rotatable bonds is 4. The lowest BCUT2D eigenvalue weighted by Crippen LogP contribution is -2.46. The number of likely N-dealkylation sites (N-methyl/N-ethyl adjacent to an activating group) is 1. The highest BCUT2D eigenvalue weighted by molar-refractivity contribution is 5.49. The van der Waals surface area contributed by atoms with E-state index in [0.29, 0.717) is 0 Å². The molecule has 1 aliphatic rings. The lowest BCUT2D eigenvalue weighted by atomic mass is 9.59.